The predicted octanol–water partition coefficient (Wildman–Crippen LogP) is 4.94. The standard InChI is InChI=1S/C25H34N6/c1-7-14-25(6)15-13-20-11-12-21(18(2)29-30-17-24(30,4)5)28-23(20)31(25)19(3)27-22-10-8-9-16-26-22/h8-12,16,29H,2-3,7,13-15,17H2,1,4-6H3,(H,26,27)/t25?,30-/m1/s1. The monoisotopic (exact) mass is 418 g/mol. The number of nitrogens with zero attached hydrogens (tertiary/aromatic N) is 4. The highest BCUT2D eigenvalue weighted by Gasteiger charge is 2.44. The van der Waals surface area contributed by atoms with Gasteiger partial charge in [0.05, 0.1) is 11.4 Å². The first-order valence-corrected chi connectivity index (χ1v) is 11.1. The van der Waals surface area contributed by atoms with Crippen LogP contribution in [0.25, 0.3) is 5.70 Å². The molecule has 1 fully saturated rings. The molecule has 1 unspecified atom stereocenters. The van der Waals surface area contributed by atoms with Crippen LogP contribution in [-0.2, 0) is 6.42 Å². The van der Waals surface area contributed by atoms with Gasteiger partial charge in [-0.1, -0.05) is 38.6 Å². The quantitative estimate of drug-likeness (QED) is 0.592. The molecule has 0 aromatic carbocycles. The molecule has 6 heteroatoms. The Hall–Kier alpha value is -2.86. The molecule has 0 amide bonds. The van der Waals surface area contributed by atoms with Crippen molar-refractivity contribution in [2.24, 2.45) is 0 Å². The third kappa shape index (κ3) is 4.30. The number of pyridine rings is 2. The van der Waals surface area contributed by atoms with Gasteiger partial charge in [-0.25, -0.2) is 15.0 Å². The van der Waals surface area contributed by atoms with E-state index in [0.29, 0.717) is 0 Å². The summed E-state index contributed by atoms with van der Waals surface area (Å²) >= 11 is 0. The van der Waals surface area contributed by atoms with Gasteiger partial charge in [0.1, 0.15) is 17.5 Å². The molecule has 164 valence electrons. The van der Waals surface area contributed by atoms with Gasteiger partial charge >= 0.3 is 0 Å². The van der Waals surface area contributed by atoms with Crippen molar-refractivity contribution in [3.63, 3.8) is 0 Å². The van der Waals surface area contributed by atoms with Crippen LogP contribution in [0.15, 0.2) is 55.5 Å². The smallest absolute Gasteiger partial charge is 0.138 e. The zero-order valence-corrected chi connectivity index (χ0v) is 19.2. The average Bonchev–Trinajstić information content (AvgIpc) is 3.33. The van der Waals surface area contributed by atoms with Crippen molar-refractivity contribution in [3.05, 3.63) is 66.8 Å². The summed E-state index contributed by atoms with van der Waals surface area (Å²) in [6.45, 7) is 18.6. The summed E-state index contributed by atoms with van der Waals surface area (Å²) in [5, 5.41) is 5.58. The van der Waals surface area contributed by atoms with Gasteiger partial charge in [-0.05, 0) is 63.8 Å². The minimum Gasteiger partial charge on any atom is -0.327 e. The molecule has 2 aromatic rings. The van der Waals surface area contributed by atoms with Crippen LogP contribution in [0.5, 0.6) is 0 Å². The first-order valence-electron chi connectivity index (χ1n) is 11.1. The van der Waals surface area contributed by atoms with Crippen molar-refractivity contribution in [2.75, 3.05) is 16.8 Å². The van der Waals surface area contributed by atoms with Crippen LogP contribution in [0, 0.1) is 0 Å². The zero-order chi connectivity index (χ0) is 22.2. The van der Waals surface area contributed by atoms with E-state index in [1.807, 2.05) is 18.2 Å². The van der Waals surface area contributed by atoms with Gasteiger partial charge in [-0.3, -0.25) is 0 Å². The molecule has 6 nitrogen and oxygen atoms in total. The zero-order valence-electron chi connectivity index (χ0n) is 19.2. The first kappa shape index (κ1) is 21.4. The summed E-state index contributed by atoms with van der Waals surface area (Å²) in [5.74, 6) is 2.54. The number of nitrogens with one attached hydrogen (secondary N) is 2. The van der Waals surface area contributed by atoms with Crippen LogP contribution in [0.2, 0.25) is 0 Å². The fourth-order valence-corrected chi connectivity index (χ4v) is 4.44. The number of fused-ring (bicyclic) bond motifs is 1. The number of anilines is 2. The molecule has 0 saturated carbocycles. The summed E-state index contributed by atoms with van der Waals surface area (Å²) in [5.41, 5.74) is 6.43. The summed E-state index contributed by atoms with van der Waals surface area (Å²) in [6.07, 6.45) is 6.00. The molecule has 2 aliphatic heterocycles. The van der Waals surface area contributed by atoms with E-state index in [0.717, 1.165) is 61.1 Å². The van der Waals surface area contributed by atoms with E-state index in [4.69, 9.17) is 4.98 Å². The second kappa shape index (κ2) is 8.00. The van der Waals surface area contributed by atoms with Gasteiger partial charge in [0, 0.05) is 23.8 Å². The van der Waals surface area contributed by atoms with Crippen LogP contribution in [-0.4, -0.2) is 32.6 Å². The number of rotatable bonds is 8. The third-order valence-corrected chi connectivity index (χ3v) is 6.39. The molecule has 0 radical (unpaired) electrons. The number of hydrazine groups is 1. The molecule has 4 heterocycles. The summed E-state index contributed by atoms with van der Waals surface area (Å²) in [4.78, 5) is 11.8. The lowest BCUT2D eigenvalue weighted by Gasteiger charge is -2.47. The highest BCUT2D eigenvalue weighted by atomic mass is 15.6. The normalized spacial score (nSPS) is 23.6. The first-order chi connectivity index (χ1) is 14.7. The minimum absolute atomic E-state index is 0.0665. The van der Waals surface area contributed by atoms with Crippen LogP contribution in [0.4, 0.5) is 11.6 Å². The molecule has 31 heavy (non-hydrogen) atoms. The van der Waals surface area contributed by atoms with Gasteiger partial charge in [-0.15, -0.1) is 0 Å². The Kier molecular flexibility index (Phi) is 5.52. The topological polar surface area (TPSA) is 56.1 Å². The van der Waals surface area contributed by atoms with Crippen LogP contribution in [0.1, 0.15) is 58.2 Å². The molecular weight excluding hydrogens is 384 g/mol. The fraction of sp³-hybridized carbons (Fsp3) is 0.440. The van der Waals surface area contributed by atoms with Gasteiger partial charge in [0.25, 0.3) is 0 Å². The van der Waals surface area contributed by atoms with Crippen molar-refractivity contribution in [1.29, 1.82) is 0 Å². The van der Waals surface area contributed by atoms with E-state index in [1.165, 1.54) is 5.56 Å². The molecule has 4 rings (SSSR count). The van der Waals surface area contributed by atoms with E-state index in [2.05, 4.69) is 78.6 Å². The van der Waals surface area contributed by atoms with Gasteiger partial charge in [0.2, 0.25) is 0 Å². The predicted molar refractivity (Wildman–Crippen MR) is 128 cm³/mol. The summed E-state index contributed by atoms with van der Waals surface area (Å²) in [7, 11) is 0. The van der Waals surface area contributed by atoms with Crippen LogP contribution < -0.4 is 15.6 Å². The second-order valence-electron chi connectivity index (χ2n) is 9.54. The van der Waals surface area contributed by atoms with E-state index in [1.54, 1.807) is 6.20 Å². The van der Waals surface area contributed by atoms with E-state index < -0.39 is 0 Å². The maximum Gasteiger partial charge on any atom is 0.138 e. The molecule has 1 saturated heterocycles. The van der Waals surface area contributed by atoms with Crippen molar-refractivity contribution in [3.8, 4) is 0 Å². The maximum atomic E-state index is 5.08. The van der Waals surface area contributed by atoms with Crippen molar-refractivity contribution in [2.45, 2.75) is 64.5 Å². The Bertz CT molecular complexity index is 983. The van der Waals surface area contributed by atoms with Gasteiger partial charge < -0.3 is 15.6 Å². The minimum atomic E-state index is -0.0665. The van der Waals surface area contributed by atoms with E-state index in [-0.39, 0.29) is 11.1 Å². The van der Waals surface area contributed by atoms with Gasteiger partial charge in [-0.2, -0.15) is 0 Å². The SMILES string of the molecule is C=C(N[N@]1CC1(C)C)c1ccc2c(n1)N(C(=C)Nc1ccccn1)C(C)(CCC)CC2. The number of aryl methyl sites for hydroxylation is 1. The lowest BCUT2D eigenvalue weighted by Crippen LogP contribution is -2.51. The Balaban J connectivity index is 1.66. The lowest BCUT2D eigenvalue weighted by atomic mass is 9.83. The van der Waals surface area contributed by atoms with Gasteiger partial charge in [0.15, 0.2) is 0 Å². The highest BCUT2D eigenvalue weighted by Crippen LogP contribution is 2.41. The van der Waals surface area contributed by atoms with Crippen molar-refractivity contribution >= 4 is 17.3 Å². The number of aromatic nitrogens is 2. The molecule has 0 bridgehead atoms. The Morgan fingerprint density at radius 3 is 2.58 bits per heavy atom. The van der Waals surface area contributed by atoms with E-state index in [9.17, 15) is 0 Å². The molecule has 2 atom stereocenters. The second-order valence-corrected chi connectivity index (χ2v) is 9.54. The molecular formula is C25H34N6. The summed E-state index contributed by atoms with van der Waals surface area (Å²) in [6, 6.07) is 10.1. The maximum absolute atomic E-state index is 5.08. The Morgan fingerprint density at radius 2 is 1.94 bits per heavy atom. The molecule has 2 aromatic heterocycles. The number of hydrogen-bond donors (Lipinski definition) is 2. The number of hydrogen-bond acceptors (Lipinski definition) is 6. The van der Waals surface area contributed by atoms with E-state index >= 15 is 0 Å². The Morgan fingerprint density at radius 1 is 1.16 bits per heavy atom. The molecule has 0 spiro atoms. The summed E-state index contributed by atoms with van der Waals surface area (Å²) < 4.78 is 0. The fourth-order valence-electron chi connectivity index (χ4n) is 4.44. The molecule has 0 aliphatic carbocycles. The molecule has 2 aliphatic rings. The highest BCUT2D eigenvalue weighted by molar-refractivity contribution is 5.66. The Labute approximate surface area is 186 Å². The largest absolute Gasteiger partial charge is 0.327 e. The van der Waals surface area contributed by atoms with Crippen LogP contribution in [0.3, 0.4) is 0 Å². The lowest BCUT2D eigenvalue weighted by molar-refractivity contribution is 0.363. The van der Waals surface area contributed by atoms with Crippen molar-refractivity contribution in [1.82, 2.24) is 20.4 Å². The third-order valence-electron chi connectivity index (χ3n) is 6.39. The van der Waals surface area contributed by atoms with Crippen LogP contribution >= 0.6 is 0 Å². The molecule has 2 N–H and O–H groups in total. The van der Waals surface area contributed by atoms with Crippen molar-refractivity contribution < 1.29 is 0 Å². The average molecular weight is 419 g/mol.